The van der Waals surface area contributed by atoms with E-state index in [9.17, 15) is 5.11 Å². The van der Waals surface area contributed by atoms with E-state index >= 15 is 0 Å². The summed E-state index contributed by atoms with van der Waals surface area (Å²) in [5, 5.41) is 11.9. The molecule has 0 spiro atoms. The average Bonchev–Trinajstić information content (AvgIpc) is 2.62. The zero-order valence-electron chi connectivity index (χ0n) is 12.4. The lowest BCUT2D eigenvalue weighted by Crippen LogP contribution is -2.25. The highest BCUT2D eigenvalue weighted by Crippen LogP contribution is 2.30. The van der Waals surface area contributed by atoms with Crippen molar-refractivity contribution in [3.05, 3.63) is 107 Å². The van der Waals surface area contributed by atoms with E-state index in [-0.39, 0.29) is 0 Å². The van der Waals surface area contributed by atoms with Crippen molar-refractivity contribution in [2.45, 2.75) is 5.60 Å². The van der Waals surface area contributed by atoms with Crippen molar-refractivity contribution < 1.29 is 5.11 Å². The molecule has 3 rings (SSSR count). The molecule has 0 aromatic heterocycles. The van der Waals surface area contributed by atoms with Gasteiger partial charge >= 0.3 is 0 Å². The predicted molar refractivity (Wildman–Crippen MR) is 94.2 cm³/mol. The van der Waals surface area contributed by atoms with Gasteiger partial charge in [-0.15, -0.1) is 0 Å². The van der Waals surface area contributed by atoms with E-state index < -0.39 is 5.60 Å². The van der Waals surface area contributed by atoms with Gasteiger partial charge < -0.3 is 5.11 Å². The third kappa shape index (κ3) is 3.46. The van der Waals surface area contributed by atoms with Gasteiger partial charge in [-0.2, -0.15) is 0 Å². The van der Waals surface area contributed by atoms with Gasteiger partial charge in [-0.25, -0.2) is 0 Å². The number of benzene rings is 3. The fourth-order valence-electron chi connectivity index (χ4n) is 2.37. The first-order valence-corrected chi connectivity index (χ1v) is 7.68. The molecule has 23 heavy (non-hydrogen) atoms. The Morgan fingerprint density at radius 1 is 0.696 bits per heavy atom. The molecule has 1 atom stereocenters. The normalized spacial score (nSPS) is 12.8. The molecule has 0 heterocycles. The van der Waals surface area contributed by atoms with Crippen molar-refractivity contribution in [3.8, 4) is 11.8 Å². The first-order valence-electron chi connectivity index (χ1n) is 7.31. The maximum atomic E-state index is 11.3. The largest absolute Gasteiger partial charge is 0.369 e. The lowest BCUT2D eigenvalue weighted by Gasteiger charge is -2.23. The van der Waals surface area contributed by atoms with Gasteiger partial charge in [0.05, 0.1) is 0 Å². The Balaban J connectivity index is 2.11. The average molecular weight is 319 g/mol. The number of halogens is 1. The Hall–Kier alpha value is -2.53. The molecular formula is C21H15ClO. The minimum atomic E-state index is -1.39. The van der Waals surface area contributed by atoms with Crippen LogP contribution in [0, 0.1) is 11.8 Å². The zero-order chi connectivity index (χ0) is 16.1. The lowest BCUT2D eigenvalue weighted by atomic mass is 9.86. The summed E-state index contributed by atoms with van der Waals surface area (Å²) in [5.41, 5.74) is 0.889. The highest BCUT2D eigenvalue weighted by molar-refractivity contribution is 6.30. The van der Waals surface area contributed by atoms with Gasteiger partial charge in [0.15, 0.2) is 5.60 Å². The molecule has 0 aliphatic heterocycles. The van der Waals surface area contributed by atoms with Crippen molar-refractivity contribution in [2.75, 3.05) is 0 Å². The Morgan fingerprint density at radius 3 is 1.83 bits per heavy atom. The second-order valence-corrected chi connectivity index (χ2v) is 5.64. The van der Waals surface area contributed by atoms with Crippen LogP contribution >= 0.6 is 11.6 Å². The first kappa shape index (κ1) is 15.4. The Labute approximate surface area is 141 Å². The maximum Gasteiger partial charge on any atom is 0.177 e. The molecule has 0 radical (unpaired) electrons. The van der Waals surface area contributed by atoms with E-state index in [1.165, 1.54) is 0 Å². The molecule has 0 bridgehead atoms. The molecule has 0 aliphatic carbocycles. The number of aliphatic hydroxyl groups is 1. The third-order valence-electron chi connectivity index (χ3n) is 3.62. The van der Waals surface area contributed by atoms with Crippen LogP contribution in [-0.4, -0.2) is 5.11 Å². The molecule has 3 aromatic rings. The van der Waals surface area contributed by atoms with Gasteiger partial charge in [-0.05, 0) is 24.3 Å². The van der Waals surface area contributed by atoms with E-state index in [0.29, 0.717) is 10.6 Å². The zero-order valence-corrected chi connectivity index (χ0v) is 13.2. The molecule has 0 fully saturated rings. The van der Waals surface area contributed by atoms with Crippen LogP contribution < -0.4 is 0 Å². The Morgan fingerprint density at radius 2 is 1.22 bits per heavy atom. The van der Waals surface area contributed by atoms with Gasteiger partial charge in [0, 0.05) is 21.7 Å². The van der Waals surface area contributed by atoms with Crippen LogP contribution in [0.25, 0.3) is 0 Å². The van der Waals surface area contributed by atoms with E-state index in [4.69, 9.17) is 11.6 Å². The molecule has 0 saturated heterocycles. The fraction of sp³-hybridized carbons (Fsp3) is 0.0476. The van der Waals surface area contributed by atoms with Crippen LogP contribution in [0.5, 0.6) is 0 Å². The summed E-state index contributed by atoms with van der Waals surface area (Å²) in [6, 6.07) is 26.2. The topological polar surface area (TPSA) is 20.2 Å². The highest BCUT2D eigenvalue weighted by Gasteiger charge is 2.29. The van der Waals surface area contributed by atoms with Gasteiger partial charge in [0.1, 0.15) is 0 Å². The quantitative estimate of drug-likeness (QED) is 0.683. The summed E-state index contributed by atoms with van der Waals surface area (Å²) in [6.45, 7) is 0. The maximum absolute atomic E-state index is 11.3. The van der Waals surface area contributed by atoms with E-state index in [0.717, 1.165) is 11.1 Å². The SMILES string of the molecule is OC(C#Cc1ccccc1)(c1ccccc1)c1ccc(Cl)cc1. The lowest BCUT2D eigenvalue weighted by molar-refractivity contribution is 0.145. The summed E-state index contributed by atoms with van der Waals surface area (Å²) < 4.78 is 0. The Kier molecular flexibility index (Phi) is 4.48. The van der Waals surface area contributed by atoms with Crippen molar-refractivity contribution in [1.29, 1.82) is 0 Å². The molecule has 1 unspecified atom stereocenters. The predicted octanol–water partition coefficient (Wildman–Crippen LogP) is 4.63. The van der Waals surface area contributed by atoms with Crippen LogP contribution in [0.1, 0.15) is 16.7 Å². The van der Waals surface area contributed by atoms with E-state index in [2.05, 4.69) is 11.8 Å². The minimum Gasteiger partial charge on any atom is -0.369 e. The molecule has 1 nitrogen and oxygen atoms in total. The third-order valence-corrected chi connectivity index (χ3v) is 3.87. The molecule has 0 amide bonds. The van der Waals surface area contributed by atoms with Crippen LogP contribution in [0.4, 0.5) is 0 Å². The molecule has 3 aromatic carbocycles. The summed E-state index contributed by atoms with van der Waals surface area (Å²) in [4.78, 5) is 0. The molecule has 112 valence electrons. The molecule has 0 aliphatic rings. The van der Waals surface area contributed by atoms with Crippen LogP contribution in [0.2, 0.25) is 5.02 Å². The van der Waals surface area contributed by atoms with Crippen molar-refractivity contribution in [3.63, 3.8) is 0 Å². The summed E-state index contributed by atoms with van der Waals surface area (Å²) in [5.74, 6) is 6.09. The van der Waals surface area contributed by atoms with Gasteiger partial charge in [0.2, 0.25) is 0 Å². The smallest absolute Gasteiger partial charge is 0.177 e. The number of hydrogen-bond donors (Lipinski definition) is 1. The van der Waals surface area contributed by atoms with Crippen LogP contribution in [-0.2, 0) is 5.60 Å². The van der Waals surface area contributed by atoms with Crippen molar-refractivity contribution in [1.82, 2.24) is 0 Å². The van der Waals surface area contributed by atoms with Crippen LogP contribution in [0.3, 0.4) is 0 Å². The number of hydrogen-bond acceptors (Lipinski definition) is 1. The first-order chi connectivity index (χ1) is 11.2. The van der Waals surface area contributed by atoms with Crippen LogP contribution in [0.15, 0.2) is 84.9 Å². The minimum absolute atomic E-state index is 0.625. The summed E-state index contributed by atoms with van der Waals surface area (Å²) in [7, 11) is 0. The molecule has 0 saturated carbocycles. The second kappa shape index (κ2) is 6.71. The van der Waals surface area contributed by atoms with Gasteiger partial charge in [0.25, 0.3) is 0 Å². The molecular weight excluding hydrogens is 304 g/mol. The standard InChI is InChI=1S/C21H15ClO/c22-20-13-11-19(12-14-20)21(23,18-9-5-2-6-10-18)16-15-17-7-3-1-4-8-17/h1-14,23H. The molecule has 2 heteroatoms. The van der Waals surface area contributed by atoms with Crippen molar-refractivity contribution >= 4 is 11.6 Å². The number of rotatable bonds is 2. The molecule has 1 N–H and O–H groups in total. The monoisotopic (exact) mass is 318 g/mol. The van der Waals surface area contributed by atoms with E-state index in [1.54, 1.807) is 24.3 Å². The fourth-order valence-corrected chi connectivity index (χ4v) is 2.49. The Bertz CT molecular complexity index is 830. The van der Waals surface area contributed by atoms with Gasteiger partial charge in [-0.3, -0.25) is 0 Å². The van der Waals surface area contributed by atoms with Crippen molar-refractivity contribution in [2.24, 2.45) is 0 Å². The summed E-state index contributed by atoms with van der Waals surface area (Å²) >= 11 is 5.96. The van der Waals surface area contributed by atoms with Gasteiger partial charge in [-0.1, -0.05) is 84.1 Å². The second-order valence-electron chi connectivity index (χ2n) is 5.20. The summed E-state index contributed by atoms with van der Waals surface area (Å²) in [6.07, 6.45) is 0. The highest BCUT2D eigenvalue weighted by atomic mass is 35.5. The van der Waals surface area contributed by atoms with E-state index in [1.807, 2.05) is 60.7 Å².